The van der Waals surface area contributed by atoms with Gasteiger partial charge in [0, 0.05) is 12.5 Å². The van der Waals surface area contributed by atoms with Crippen molar-refractivity contribution < 1.29 is 39.7 Å². The molecule has 1 aliphatic carbocycles. The maximum atomic E-state index is 9.94. The first-order chi connectivity index (χ1) is 11.1. The summed E-state index contributed by atoms with van der Waals surface area (Å²) >= 11 is 0. The van der Waals surface area contributed by atoms with Gasteiger partial charge in [0.2, 0.25) is 0 Å². The minimum atomic E-state index is -1.46. The second-order valence-corrected chi connectivity index (χ2v) is 6.33. The molecule has 0 aromatic rings. The molecule has 5 N–H and O–H groups in total. The fourth-order valence-electron chi connectivity index (χ4n) is 3.63. The van der Waals surface area contributed by atoms with E-state index >= 15 is 0 Å². The molecule has 8 atom stereocenters. The van der Waals surface area contributed by atoms with E-state index in [9.17, 15) is 20.4 Å². The smallest absolute Gasteiger partial charge is 0.187 e. The first kappa shape index (κ1) is 17.2. The van der Waals surface area contributed by atoms with Crippen LogP contribution in [0.5, 0.6) is 0 Å². The lowest BCUT2D eigenvalue weighted by Crippen LogP contribution is -2.59. The van der Waals surface area contributed by atoms with E-state index in [1.165, 1.54) is 0 Å². The second kappa shape index (κ2) is 7.12. The minimum Gasteiger partial charge on any atom is -0.396 e. The van der Waals surface area contributed by atoms with Crippen LogP contribution in [0.15, 0.2) is 11.6 Å². The first-order valence-electron chi connectivity index (χ1n) is 7.92. The Balaban J connectivity index is 1.61. The fourth-order valence-corrected chi connectivity index (χ4v) is 3.63. The molecule has 3 aliphatic rings. The van der Waals surface area contributed by atoms with Crippen LogP contribution in [0.4, 0.5) is 0 Å². The third-order valence-electron chi connectivity index (χ3n) is 5.01. The number of aliphatic hydroxyl groups excluding tert-OH is 5. The monoisotopic (exact) mass is 332 g/mol. The van der Waals surface area contributed by atoms with Crippen molar-refractivity contribution in [3.63, 3.8) is 0 Å². The Labute approximate surface area is 133 Å². The largest absolute Gasteiger partial charge is 0.396 e. The molecule has 2 fully saturated rings. The molecule has 2 saturated heterocycles. The van der Waals surface area contributed by atoms with Crippen LogP contribution in [-0.2, 0) is 14.2 Å². The molecule has 0 unspecified atom stereocenters. The van der Waals surface area contributed by atoms with E-state index in [2.05, 4.69) is 0 Å². The van der Waals surface area contributed by atoms with Crippen molar-refractivity contribution in [1.82, 2.24) is 0 Å². The Hall–Kier alpha value is -0.580. The van der Waals surface area contributed by atoms with Crippen LogP contribution >= 0.6 is 0 Å². The number of hydrogen-bond acceptors (Lipinski definition) is 8. The molecule has 0 saturated carbocycles. The molecule has 3 rings (SSSR count). The summed E-state index contributed by atoms with van der Waals surface area (Å²) in [4.78, 5) is 0. The minimum absolute atomic E-state index is 0.00555. The van der Waals surface area contributed by atoms with E-state index in [4.69, 9.17) is 19.3 Å². The third-order valence-corrected chi connectivity index (χ3v) is 5.01. The number of hydrogen-bond donors (Lipinski definition) is 5. The lowest BCUT2D eigenvalue weighted by Gasteiger charge is -2.39. The zero-order valence-corrected chi connectivity index (χ0v) is 12.7. The highest BCUT2D eigenvalue weighted by molar-refractivity contribution is 5.22. The van der Waals surface area contributed by atoms with Gasteiger partial charge in [0.25, 0.3) is 0 Å². The molecule has 8 heteroatoms. The van der Waals surface area contributed by atoms with Crippen LogP contribution < -0.4 is 0 Å². The van der Waals surface area contributed by atoms with Gasteiger partial charge >= 0.3 is 0 Å². The highest BCUT2D eigenvalue weighted by Crippen LogP contribution is 2.40. The zero-order valence-electron chi connectivity index (χ0n) is 12.7. The SMILES string of the molecule is OC[C@@H]1C(CO[C@@H]2O[C@H](CO)[C@@H](O)[C@H](O)[C@H]2O)=C[C@@H]2OCC[C@@H]21. The average molecular weight is 332 g/mol. The number of aliphatic hydroxyl groups is 5. The quantitative estimate of drug-likeness (QED) is 0.357. The van der Waals surface area contributed by atoms with E-state index in [1.807, 2.05) is 6.08 Å². The molecule has 0 aromatic carbocycles. The van der Waals surface area contributed by atoms with Crippen molar-refractivity contribution in [3.8, 4) is 0 Å². The molecule has 0 spiro atoms. The third kappa shape index (κ3) is 3.18. The van der Waals surface area contributed by atoms with Crippen LogP contribution in [0.2, 0.25) is 0 Å². The summed E-state index contributed by atoms with van der Waals surface area (Å²) < 4.78 is 16.4. The van der Waals surface area contributed by atoms with Crippen molar-refractivity contribution in [2.75, 3.05) is 26.4 Å². The summed E-state index contributed by atoms with van der Waals surface area (Å²) in [5, 5.41) is 48.2. The van der Waals surface area contributed by atoms with Gasteiger partial charge in [0.1, 0.15) is 24.4 Å². The van der Waals surface area contributed by atoms with Crippen LogP contribution in [0.1, 0.15) is 6.42 Å². The van der Waals surface area contributed by atoms with Gasteiger partial charge in [-0.05, 0) is 17.9 Å². The normalized spacial score (nSPS) is 46.7. The molecule has 2 heterocycles. The second-order valence-electron chi connectivity index (χ2n) is 6.33. The van der Waals surface area contributed by atoms with Gasteiger partial charge in [-0.3, -0.25) is 0 Å². The summed E-state index contributed by atoms with van der Waals surface area (Å²) in [7, 11) is 0. The van der Waals surface area contributed by atoms with E-state index in [1.54, 1.807) is 0 Å². The van der Waals surface area contributed by atoms with Gasteiger partial charge in [0.05, 0.1) is 25.9 Å². The molecule has 8 nitrogen and oxygen atoms in total. The predicted molar refractivity (Wildman–Crippen MR) is 76.2 cm³/mol. The van der Waals surface area contributed by atoms with E-state index in [0.717, 1.165) is 12.0 Å². The van der Waals surface area contributed by atoms with E-state index in [-0.39, 0.29) is 31.2 Å². The van der Waals surface area contributed by atoms with Crippen molar-refractivity contribution in [2.24, 2.45) is 11.8 Å². The maximum Gasteiger partial charge on any atom is 0.187 e. The molecule has 132 valence electrons. The molecule has 0 bridgehead atoms. The highest BCUT2D eigenvalue weighted by Gasteiger charge is 2.45. The fraction of sp³-hybridized carbons (Fsp3) is 0.867. The molecular formula is C15H24O8. The summed E-state index contributed by atoms with van der Waals surface area (Å²) in [6, 6.07) is 0. The van der Waals surface area contributed by atoms with Crippen molar-refractivity contribution in [1.29, 1.82) is 0 Å². The Morgan fingerprint density at radius 2 is 1.87 bits per heavy atom. The molecule has 0 radical (unpaired) electrons. The topological polar surface area (TPSA) is 129 Å². The standard InChI is InChI=1S/C15H24O8/c16-4-9-7(3-10-8(9)1-2-21-10)6-22-15-14(20)13(19)12(18)11(5-17)23-15/h3,8-20H,1-2,4-6H2/t8-,9-,10+,11-,12-,13+,14-,15-/m1/s1. The Kier molecular flexibility index (Phi) is 5.34. The van der Waals surface area contributed by atoms with Crippen molar-refractivity contribution >= 4 is 0 Å². The number of ether oxygens (including phenoxy) is 3. The Morgan fingerprint density at radius 1 is 1.09 bits per heavy atom. The molecule has 2 aliphatic heterocycles. The summed E-state index contributed by atoms with van der Waals surface area (Å²) in [5.74, 6) is 0.195. The maximum absolute atomic E-state index is 9.94. The molecule has 0 aromatic heterocycles. The molecular weight excluding hydrogens is 308 g/mol. The van der Waals surface area contributed by atoms with E-state index < -0.39 is 37.3 Å². The average Bonchev–Trinajstić information content (AvgIpc) is 3.12. The van der Waals surface area contributed by atoms with Crippen LogP contribution in [0.25, 0.3) is 0 Å². The lowest BCUT2D eigenvalue weighted by atomic mass is 9.90. The predicted octanol–water partition coefficient (Wildman–Crippen LogP) is -2.24. The van der Waals surface area contributed by atoms with Gasteiger partial charge in [-0.1, -0.05) is 6.08 Å². The van der Waals surface area contributed by atoms with Gasteiger partial charge in [0.15, 0.2) is 6.29 Å². The van der Waals surface area contributed by atoms with Crippen molar-refractivity contribution in [3.05, 3.63) is 11.6 Å². The van der Waals surface area contributed by atoms with Gasteiger partial charge in [-0.25, -0.2) is 0 Å². The molecule has 23 heavy (non-hydrogen) atoms. The Morgan fingerprint density at radius 3 is 2.57 bits per heavy atom. The summed E-state index contributed by atoms with van der Waals surface area (Å²) in [6.45, 7) is 0.298. The Bertz CT molecular complexity index is 439. The number of rotatable bonds is 5. The van der Waals surface area contributed by atoms with Crippen LogP contribution in [0.3, 0.4) is 0 Å². The zero-order chi connectivity index (χ0) is 16.6. The first-order valence-corrected chi connectivity index (χ1v) is 7.92. The van der Waals surface area contributed by atoms with Gasteiger partial charge < -0.3 is 39.7 Å². The number of fused-ring (bicyclic) bond motifs is 1. The molecule has 0 amide bonds. The van der Waals surface area contributed by atoms with Gasteiger partial charge in [-0.2, -0.15) is 0 Å². The highest BCUT2D eigenvalue weighted by atomic mass is 16.7. The van der Waals surface area contributed by atoms with Crippen LogP contribution in [-0.4, -0.2) is 88.8 Å². The summed E-state index contributed by atoms with van der Waals surface area (Å²) in [5.41, 5.74) is 0.874. The van der Waals surface area contributed by atoms with Crippen LogP contribution in [0, 0.1) is 11.8 Å². The van der Waals surface area contributed by atoms with Crippen molar-refractivity contribution in [2.45, 2.75) is 43.2 Å². The van der Waals surface area contributed by atoms with E-state index in [0.29, 0.717) is 6.61 Å². The van der Waals surface area contributed by atoms with Gasteiger partial charge in [-0.15, -0.1) is 0 Å². The lowest BCUT2D eigenvalue weighted by molar-refractivity contribution is -0.299. The summed E-state index contributed by atoms with van der Waals surface area (Å²) in [6.07, 6.45) is -3.63.